The van der Waals surface area contributed by atoms with E-state index in [2.05, 4.69) is 22.4 Å². The van der Waals surface area contributed by atoms with Crippen LogP contribution in [-0.4, -0.2) is 45.8 Å². The van der Waals surface area contributed by atoms with Crippen LogP contribution in [0.4, 0.5) is 5.13 Å². The fourth-order valence-corrected chi connectivity index (χ4v) is 4.50. The van der Waals surface area contributed by atoms with Gasteiger partial charge in [-0.1, -0.05) is 48.2 Å². The van der Waals surface area contributed by atoms with Crippen LogP contribution in [0.1, 0.15) is 36.5 Å². The number of nitrogens with one attached hydrogen (secondary N) is 1. The molecular weight excluding hydrogens is 368 g/mol. The predicted octanol–water partition coefficient (Wildman–Crippen LogP) is 3.53. The van der Waals surface area contributed by atoms with Crippen LogP contribution < -0.4 is 5.32 Å². The SMILES string of the molecule is CCCSc1nnc(NC(=O)C2CCN(C(=O)c3ccccc3)CC2)s1. The zero-order chi connectivity index (χ0) is 18.4. The Kier molecular flexibility index (Phi) is 6.62. The van der Waals surface area contributed by atoms with Crippen LogP contribution in [0.2, 0.25) is 0 Å². The lowest BCUT2D eigenvalue weighted by molar-refractivity contribution is -0.121. The molecule has 1 N–H and O–H groups in total. The molecule has 2 aromatic rings. The van der Waals surface area contributed by atoms with E-state index >= 15 is 0 Å². The lowest BCUT2D eigenvalue weighted by Crippen LogP contribution is -2.41. The average molecular weight is 391 g/mol. The molecule has 1 saturated heterocycles. The minimum absolute atomic E-state index is 0.0278. The van der Waals surface area contributed by atoms with Gasteiger partial charge in [0.25, 0.3) is 5.91 Å². The lowest BCUT2D eigenvalue weighted by atomic mass is 9.95. The summed E-state index contributed by atoms with van der Waals surface area (Å²) in [5, 5.41) is 11.5. The van der Waals surface area contributed by atoms with Crippen LogP contribution >= 0.6 is 23.1 Å². The van der Waals surface area contributed by atoms with Gasteiger partial charge in [0.1, 0.15) is 0 Å². The molecule has 3 rings (SSSR count). The number of likely N-dealkylation sites (tertiary alicyclic amines) is 1. The minimum atomic E-state index is -0.0922. The highest BCUT2D eigenvalue weighted by Gasteiger charge is 2.28. The Bertz CT molecular complexity index is 743. The molecule has 2 heterocycles. The monoisotopic (exact) mass is 390 g/mol. The molecule has 26 heavy (non-hydrogen) atoms. The Morgan fingerprint density at radius 1 is 1.23 bits per heavy atom. The van der Waals surface area contributed by atoms with Crippen LogP contribution in [-0.2, 0) is 4.79 Å². The second-order valence-electron chi connectivity index (χ2n) is 6.14. The largest absolute Gasteiger partial charge is 0.339 e. The van der Waals surface area contributed by atoms with Gasteiger partial charge in [-0.15, -0.1) is 10.2 Å². The van der Waals surface area contributed by atoms with Crippen molar-refractivity contribution in [1.29, 1.82) is 0 Å². The van der Waals surface area contributed by atoms with E-state index in [9.17, 15) is 9.59 Å². The van der Waals surface area contributed by atoms with Crippen molar-refractivity contribution in [2.24, 2.45) is 5.92 Å². The maximum absolute atomic E-state index is 12.5. The summed E-state index contributed by atoms with van der Waals surface area (Å²) in [5.74, 6) is 0.910. The number of piperidine rings is 1. The Morgan fingerprint density at radius 3 is 2.65 bits per heavy atom. The summed E-state index contributed by atoms with van der Waals surface area (Å²) < 4.78 is 0.880. The smallest absolute Gasteiger partial charge is 0.253 e. The fourth-order valence-electron chi connectivity index (χ4n) is 2.82. The van der Waals surface area contributed by atoms with Crippen LogP contribution in [0.15, 0.2) is 34.7 Å². The number of carbonyl (C=O) groups is 2. The standard InChI is InChI=1S/C18H22N4O2S2/c1-2-12-25-18-21-20-17(26-18)19-15(23)13-8-10-22(11-9-13)16(24)14-6-4-3-5-7-14/h3-7,13H,2,8-12H2,1H3,(H,19,20,23). The molecular formula is C18H22N4O2S2. The van der Waals surface area contributed by atoms with Gasteiger partial charge in [-0.2, -0.15) is 0 Å². The van der Waals surface area contributed by atoms with Crippen molar-refractivity contribution < 1.29 is 9.59 Å². The maximum atomic E-state index is 12.5. The molecule has 6 nitrogen and oxygen atoms in total. The number of thioether (sulfide) groups is 1. The van der Waals surface area contributed by atoms with Crippen molar-refractivity contribution >= 4 is 40.0 Å². The van der Waals surface area contributed by atoms with E-state index in [0.29, 0.717) is 36.6 Å². The first-order valence-corrected chi connectivity index (χ1v) is 10.6. The maximum Gasteiger partial charge on any atom is 0.253 e. The van der Waals surface area contributed by atoms with Gasteiger partial charge in [0.05, 0.1) is 0 Å². The highest BCUT2D eigenvalue weighted by Crippen LogP contribution is 2.27. The van der Waals surface area contributed by atoms with Crippen molar-refractivity contribution in [2.75, 3.05) is 24.2 Å². The Balaban J connectivity index is 1.49. The summed E-state index contributed by atoms with van der Waals surface area (Å²) in [5.41, 5.74) is 0.696. The highest BCUT2D eigenvalue weighted by molar-refractivity contribution is 8.01. The van der Waals surface area contributed by atoms with Crippen LogP contribution in [0.5, 0.6) is 0 Å². The third-order valence-corrected chi connectivity index (χ3v) is 6.42. The molecule has 1 aromatic carbocycles. The van der Waals surface area contributed by atoms with Gasteiger partial charge in [-0.3, -0.25) is 9.59 Å². The Hall–Kier alpha value is -1.93. The number of carbonyl (C=O) groups excluding carboxylic acids is 2. The second-order valence-corrected chi connectivity index (χ2v) is 8.46. The van der Waals surface area contributed by atoms with E-state index in [1.54, 1.807) is 11.8 Å². The number of anilines is 1. The lowest BCUT2D eigenvalue weighted by Gasteiger charge is -2.31. The van der Waals surface area contributed by atoms with Crippen molar-refractivity contribution in [3.8, 4) is 0 Å². The molecule has 0 atom stereocenters. The van der Waals surface area contributed by atoms with Gasteiger partial charge in [0, 0.05) is 30.3 Å². The van der Waals surface area contributed by atoms with Gasteiger partial charge >= 0.3 is 0 Å². The molecule has 0 spiro atoms. The van der Waals surface area contributed by atoms with E-state index in [1.807, 2.05) is 35.2 Å². The first-order chi connectivity index (χ1) is 12.7. The fraction of sp³-hybridized carbons (Fsp3) is 0.444. The Labute approximate surface area is 161 Å². The van der Waals surface area contributed by atoms with Crippen LogP contribution in [0.3, 0.4) is 0 Å². The molecule has 1 aliphatic heterocycles. The van der Waals surface area contributed by atoms with E-state index in [-0.39, 0.29) is 17.7 Å². The third-order valence-electron chi connectivity index (χ3n) is 4.24. The molecule has 1 fully saturated rings. The van der Waals surface area contributed by atoms with Gasteiger partial charge in [0.15, 0.2) is 4.34 Å². The topological polar surface area (TPSA) is 75.2 Å². The summed E-state index contributed by atoms with van der Waals surface area (Å²) in [6, 6.07) is 9.27. The first-order valence-electron chi connectivity index (χ1n) is 8.79. The van der Waals surface area contributed by atoms with Gasteiger partial charge < -0.3 is 10.2 Å². The molecule has 138 valence electrons. The van der Waals surface area contributed by atoms with E-state index in [0.717, 1.165) is 16.5 Å². The number of amides is 2. The minimum Gasteiger partial charge on any atom is -0.339 e. The summed E-state index contributed by atoms with van der Waals surface area (Å²) in [7, 11) is 0. The zero-order valence-electron chi connectivity index (χ0n) is 14.7. The summed E-state index contributed by atoms with van der Waals surface area (Å²) in [4.78, 5) is 26.7. The van der Waals surface area contributed by atoms with Crippen molar-refractivity contribution in [2.45, 2.75) is 30.5 Å². The van der Waals surface area contributed by atoms with Crippen LogP contribution in [0, 0.1) is 5.92 Å². The molecule has 0 radical (unpaired) electrons. The molecule has 8 heteroatoms. The van der Waals surface area contributed by atoms with Crippen molar-refractivity contribution in [3.05, 3.63) is 35.9 Å². The van der Waals surface area contributed by atoms with Crippen LogP contribution in [0.25, 0.3) is 0 Å². The molecule has 1 aromatic heterocycles. The average Bonchev–Trinajstić information content (AvgIpc) is 3.13. The summed E-state index contributed by atoms with van der Waals surface area (Å²) in [6.45, 7) is 3.31. The van der Waals surface area contributed by atoms with Crippen molar-refractivity contribution in [3.63, 3.8) is 0 Å². The molecule has 2 amide bonds. The zero-order valence-corrected chi connectivity index (χ0v) is 16.3. The molecule has 0 saturated carbocycles. The van der Waals surface area contributed by atoms with E-state index in [1.165, 1.54) is 11.3 Å². The Morgan fingerprint density at radius 2 is 1.96 bits per heavy atom. The number of hydrogen-bond donors (Lipinski definition) is 1. The molecule has 0 aliphatic carbocycles. The summed E-state index contributed by atoms with van der Waals surface area (Å²) in [6.07, 6.45) is 2.41. The summed E-state index contributed by atoms with van der Waals surface area (Å²) >= 11 is 3.07. The normalized spacial score (nSPS) is 15.0. The van der Waals surface area contributed by atoms with Gasteiger partial charge in [-0.05, 0) is 31.4 Å². The van der Waals surface area contributed by atoms with E-state index in [4.69, 9.17) is 0 Å². The third kappa shape index (κ3) is 4.82. The number of rotatable bonds is 6. The van der Waals surface area contributed by atoms with Gasteiger partial charge in [0.2, 0.25) is 11.0 Å². The number of hydrogen-bond acceptors (Lipinski definition) is 6. The molecule has 1 aliphatic rings. The molecule has 0 bridgehead atoms. The van der Waals surface area contributed by atoms with Crippen molar-refractivity contribution in [1.82, 2.24) is 15.1 Å². The predicted molar refractivity (Wildman–Crippen MR) is 105 cm³/mol. The number of aromatic nitrogens is 2. The number of nitrogens with zero attached hydrogens (tertiary/aromatic N) is 3. The van der Waals surface area contributed by atoms with E-state index < -0.39 is 0 Å². The van der Waals surface area contributed by atoms with Gasteiger partial charge in [-0.25, -0.2) is 0 Å². The second kappa shape index (κ2) is 9.14. The molecule has 0 unspecified atom stereocenters. The highest BCUT2D eigenvalue weighted by atomic mass is 32.2. The quantitative estimate of drug-likeness (QED) is 0.603. The number of benzene rings is 1. The first kappa shape index (κ1) is 18.8.